The van der Waals surface area contributed by atoms with Crippen LogP contribution >= 0.6 is 0 Å². The quantitative estimate of drug-likeness (QED) is 0.756. The van der Waals surface area contributed by atoms with Gasteiger partial charge in [-0.15, -0.1) is 0 Å². The summed E-state index contributed by atoms with van der Waals surface area (Å²) in [6.45, 7) is 0.896. The minimum Gasteiger partial charge on any atom is -0.396 e. The highest BCUT2D eigenvalue weighted by Crippen LogP contribution is 2.10. The highest BCUT2D eigenvalue weighted by atomic mass is 16.2. The number of aliphatic hydroxyl groups excluding tert-OH is 1. The van der Waals surface area contributed by atoms with Gasteiger partial charge in [0.05, 0.1) is 11.0 Å². The van der Waals surface area contributed by atoms with Crippen LogP contribution in [0.5, 0.6) is 0 Å². The van der Waals surface area contributed by atoms with Gasteiger partial charge in [-0.1, -0.05) is 12.8 Å². The first-order valence-electron chi connectivity index (χ1n) is 6.91. The molecule has 0 aliphatic heterocycles. The average Bonchev–Trinajstić information content (AvgIpc) is 2.50. The van der Waals surface area contributed by atoms with Crippen molar-refractivity contribution in [3.05, 3.63) is 36.2 Å². The van der Waals surface area contributed by atoms with Gasteiger partial charge in [0.25, 0.3) is 5.91 Å². The molecule has 5 heteroatoms. The fourth-order valence-electron chi connectivity index (χ4n) is 2.00. The number of benzene rings is 1. The molecule has 1 amide bonds. The van der Waals surface area contributed by atoms with Crippen LogP contribution in [0.25, 0.3) is 11.0 Å². The molecule has 0 saturated heterocycles. The molecule has 20 heavy (non-hydrogen) atoms. The van der Waals surface area contributed by atoms with Crippen LogP contribution < -0.4 is 5.32 Å². The van der Waals surface area contributed by atoms with E-state index in [2.05, 4.69) is 15.3 Å². The maximum Gasteiger partial charge on any atom is 0.251 e. The van der Waals surface area contributed by atoms with Crippen molar-refractivity contribution in [3.63, 3.8) is 0 Å². The molecule has 2 aromatic rings. The van der Waals surface area contributed by atoms with Gasteiger partial charge in [0, 0.05) is 31.1 Å². The Balaban J connectivity index is 1.84. The molecule has 0 bridgehead atoms. The number of nitrogens with one attached hydrogen (secondary N) is 1. The van der Waals surface area contributed by atoms with E-state index in [1.807, 2.05) is 0 Å². The molecule has 2 rings (SSSR count). The number of fused-ring (bicyclic) bond motifs is 1. The zero-order chi connectivity index (χ0) is 14.2. The summed E-state index contributed by atoms with van der Waals surface area (Å²) >= 11 is 0. The summed E-state index contributed by atoms with van der Waals surface area (Å²) in [7, 11) is 0. The monoisotopic (exact) mass is 273 g/mol. The lowest BCUT2D eigenvalue weighted by molar-refractivity contribution is 0.0953. The molecule has 5 nitrogen and oxygen atoms in total. The van der Waals surface area contributed by atoms with Crippen LogP contribution in [-0.2, 0) is 0 Å². The lowest BCUT2D eigenvalue weighted by Gasteiger charge is -2.05. The van der Waals surface area contributed by atoms with Crippen molar-refractivity contribution in [2.75, 3.05) is 13.2 Å². The average molecular weight is 273 g/mol. The summed E-state index contributed by atoms with van der Waals surface area (Å²) in [6.07, 6.45) is 7.03. The van der Waals surface area contributed by atoms with Crippen molar-refractivity contribution < 1.29 is 9.90 Å². The second-order valence-electron chi connectivity index (χ2n) is 4.65. The summed E-state index contributed by atoms with van der Waals surface area (Å²) in [4.78, 5) is 20.3. The molecule has 0 spiro atoms. The number of aromatic nitrogens is 2. The van der Waals surface area contributed by atoms with E-state index in [9.17, 15) is 4.79 Å². The minimum atomic E-state index is -0.0836. The van der Waals surface area contributed by atoms with E-state index >= 15 is 0 Å². The SMILES string of the molecule is O=C(NCCCCCCO)c1ccc2nccnc2c1. The maximum atomic E-state index is 12.0. The Morgan fingerprint density at radius 1 is 1.05 bits per heavy atom. The van der Waals surface area contributed by atoms with Crippen LogP contribution in [0.4, 0.5) is 0 Å². The van der Waals surface area contributed by atoms with Gasteiger partial charge < -0.3 is 10.4 Å². The Morgan fingerprint density at radius 3 is 2.60 bits per heavy atom. The van der Waals surface area contributed by atoms with Crippen molar-refractivity contribution in [3.8, 4) is 0 Å². The van der Waals surface area contributed by atoms with Crippen molar-refractivity contribution in [1.29, 1.82) is 0 Å². The molecule has 1 aromatic heterocycles. The van der Waals surface area contributed by atoms with Gasteiger partial charge in [-0.25, -0.2) is 0 Å². The van der Waals surface area contributed by atoms with Gasteiger partial charge in [0.1, 0.15) is 0 Å². The van der Waals surface area contributed by atoms with E-state index in [-0.39, 0.29) is 12.5 Å². The molecule has 2 N–H and O–H groups in total. The number of carbonyl (C=O) groups is 1. The number of unbranched alkanes of at least 4 members (excludes halogenated alkanes) is 3. The van der Waals surface area contributed by atoms with Gasteiger partial charge in [0.2, 0.25) is 0 Å². The molecule has 106 valence electrons. The Hall–Kier alpha value is -2.01. The smallest absolute Gasteiger partial charge is 0.251 e. The third-order valence-corrected chi connectivity index (χ3v) is 3.10. The zero-order valence-electron chi connectivity index (χ0n) is 11.4. The number of amides is 1. The van der Waals surface area contributed by atoms with Gasteiger partial charge >= 0.3 is 0 Å². The number of carbonyl (C=O) groups excluding carboxylic acids is 1. The Kier molecular flexibility index (Phi) is 5.43. The topological polar surface area (TPSA) is 75.1 Å². The number of nitrogens with zero attached hydrogens (tertiary/aromatic N) is 2. The van der Waals surface area contributed by atoms with E-state index in [4.69, 9.17) is 5.11 Å². The minimum absolute atomic E-state index is 0.0836. The van der Waals surface area contributed by atoms with Crippen molar-refractivity contribution in [2.24, 2.45) is 0 Å². The first-order valence-corrected chi connectivity index (χ1v) is 6.91. The van der Waals surface area contributed by atoms with Crippen LogP contribution in [0.15, 0.2) is 30.6 Å². The van der Waals surface area contributed by atoms with E-state index in [0.29, 0.717) is 12.1 Å². The maximum absolute atomic E-state index is 12.0. The first-order chi connectivity index (χ1) is 9.81. The largest absolute Gasteiger partial charge is 0.396 e. The predicted molar refractivity (Wildman–Crippen MR) is 77.4 cm³/mol. The highest BCUT2D eigenvalue weighted by Gasteiger charge is 2.06. The first kappa shape index (κ1) is 14.4. The molecule has 0 unspecified atom stereocenters. The number of hydrogen-bond donors (Lipinski definition) is 2. The van der Waals surface area contributed by atoms with Gasteiger partial charge in [0.15, 0.2) is 0 Å². The third kappa shape index (κ3) is 3.99. The van der Waals surface area contributed by atoms with Crippen LogP contribution in [-0.4, -0.2) is 34.1 Å². The van der Waals surface area contributed by atoms with Crippen LogP contribution in [0, 0.1) is 0 Å². The highest BCUT2D eigenvalue weighted by molar-refractivity contribution is 5.97. The fourth-order valence-corrected chi connectivity index (χ4v) is 2.00. The molecule has 0 aliphatic rings. The van der Waals surface area contributed by atoms with Crippen molar-refractivity contribution in [2.45, 2.75) is 25.7 Å². The molecule has 0 saturated carbocycles. The third-order valence-electron chi connectivity index (χ3n) is 3.10. The lowest BCUT2D eigenvalue weighted by Crippen LogP contribution is -2.24. The van der Waals surface area contributed by atoms with Crippen LogP contribution in [0.3, 0.4) is 0 Å². The zero-order valence-corrected chi connectivity index (χ0v) is 11.4. The summed E-state index contributed by atoms with van der Waals surface area (Å²) in [6, 6.07) is 5.32. The molecule has 0 fully saturated rings. The molecule has 1 aromatic carbocycles. The summed E-state index contributed by atoms with van der Waals surface area (Å²) in [5.74, 6) is -0.0836. The van der Waals surface area contributed by atoms with E-state index < -0.39 is 0 Å². The summed E-state index contributed by atoms with van der Waals surface area (Å²) in [5.41, 5.74) is 2.12. The van der Waals surface area contributed by atoms with Crippen molar-refractivity contribution in [1.82, 2.24) is 15.3 Å². The van der Waals surface area contributed by atoms with Gasteiger partial charge in [-0.3, -0.25) is 14.8 Å². The molecular formula is C15H19N3O2. The van der Waals surface area contributed by atoms with Crippen LogP contribution in [0.2, 0.25) is 0 Å². The van der Waals surface area contributed by atoms with Crippen molar-refractivity contribution >= 4 is 16.9 Å². The van der Waals surface area contributed by atoms with Gasteiger partial charge in [-0.05, 0) is 31.0 Å². The number of rotatable bonds is 7. The lowest BCUT2D eigenvalue weighted by atomic mass is 10.1. The molecule has 0 radical (unpaired) electrons. The standard InChI is InChI=1S/C15H19N3O2/c19-10-4-2-1-3-7-18-15(20)12-5-6-13-14(11-12)17-9-8-16-13/h5-6,8-9,11,19H,1-4,7,10H2,(H,18,20). The summed E-state index contributed by atoms with van der Waals surface area (Å²) in [5, 5.41) is 11.6. The Morgan fingerprint density at radius 2 is 1.80 bits per heavy atom. The number of aliphatic hydroxyl groups is 1. The normalized spacial score (nSPS) is 10.7. The van der Waals surface area contributed by atoms with E-state index in [1.54, 1.807) is 30.6 Å². The Bertz CT molecular complexity index is 572. The number of hydrogen-bond acceptors (Lipinski definition) is 4. The Labute approximate surface area is 118 Å². The van der Waals surface area contributed by atoms with E-state index in [1.165, 1.54) is 0 Å². The van der Waals surface area contributed by atoms with Crippen LogP contribution in [0.1, 0.15) is 36.0 Å². The second-order valence-corrected chi connectivity index (χ2v) is 4.65. The van der Waals surface area contributed by atoms with E-state index in [0.717, 1.165) is 36.7 Å². The fraction of sp³-hybridized carbons (Fsp3) is 0.400. The molecule has 0 aliphatic carbocycles. The second kappa shape index (κ2) is 7.55. The predicted octanol–water partition coefficient (Wildman–Crippen LogP) is 1.91. The van der Waals surface area contributed by atoms with Gasteiger partial charge in [-0.2, -0.15) is 0 Å². The summed E-state index contributed by atoms with van der Waals surface area (Å²) < 4.78 is 0. The molecule has 1 heterocycles. The molecule has 0 atom stereocenters. The molecular weight excluding hydrogens is 254 g/mol.